The molecule has 1 N–H and O–H groups in total. The quantitative estimate of drug-likeness (QED) is 0.376. The van der Waals surface area contributed by atoms with Crippen LogP contribution < -0.4 is 0 Å². The maximum Gasteiger partial charge on any atom is 0.433 e. The Bertz CT molecular complexity index is 949. The van der Waals surface area contributed by atoms with E-state index in [0.29, 0.717) is 17.4 Å². The summed E-state index contributed by atoms with van der Waals surface area (Å²) in [6.45, 7) is 0. The van der Waals surface area contributed by atoms with Crippen molar-refractivity contribution in [1.29, 1.82) is 0 Å². The number of benzene rings is 1. The first-order valence-corrected chi connectivity index (χ1v) is 8.27. The van der Waals surface area contributed by atoms with Crippen molar-refractivity contribution in [3.63, 3.8) is 0 Å². The number of thioether (sulfide) groups is 1. The average Bonchev–Trinajstić information content (AvgIpc) is 3.03. The number of aromatic nitrogens is 3. The van der Waals surface area contributed by atoms with Gasteiger partial charge in [-0.2, -0.15) is 18.2 Å². The second-order valence-corrected chi connectivity index (χ2v) is 6.28. The summed E-state index contributed by atoms with van der Waals surface area (Å²) in [6, 6.07) is 4.42. The van der Waals surface area contributed by atoms with E-state index in [2.05, 4.69) is 15.0 Å². The van der Waals surface area contributed by atoms with Crippen LogP contribution in [0.2, 0.25) is 5.02 Å². The van der Waals surface area contributed by atoms with Gasteiger partial charge < -0.3 is 9.52 Å². The topological polar surface area (TPSA) is 72.0 Å². The van der Waals surface area contributed by atoms with Crippen LogP contribution >= 0.6 is 23.4 Å². The predicted octanol–water partition coefficient (Wildman–Crippen LogP) is 4.94. The average molecular weight is 406 g/mol. The van der Waals surface area contributed by atoms with E-state index in [0.717, 1.165) is 11.8 Å². The fourth-order valence-corrected chi connectivity index (χ4v) is 2.80. The lowest BCUT2D eigenvalue weighted by atomic mass is 10.2. The van der Waals surface area contributed by atoms with Gasteiger partial charge in [-0.25, -0.2) is 14.4 Å². The van der Waals surface area contributed by atoms with Gasteiger partial charge in [0.15, 0.2) is 16.6 Å². The third kappa shape index (κ3) is 4.25. The van der Waals surface area contributed by atoms with Crippen LogP contribution in [0.4, 0.5) is 17.6 Å². The van der Waals surface area contributed by atoms with Crippen LogP contribution in [0.5, 0.6) is 5.88 Å². The molecule has 0 bridgehead atoms. The number of halogens is 5. The maximum atomic E-state index is 13.2. The Morgan fingerprint density at radius 3 is 2.65 bits per heavy atom. The highest BCUT2D eigenvalue weighted by Crippen LogP contribution is 2.32. The van der Waals surface area contributed by atoms with Gasteiger partial charge in [-0.3, -0.25) is 0 Å². The van der Waals surface area contributed by atoms with Gasteiger partial charge in [0, 0.05) is 11.6 Å². The van der Waals surface area contributed by atoms with Crippen molar-refractivity contribution < 1.29 is 27.1 Å². The van der Waals surface area contributed by atoms with Gasteiger partial charge in [-0.05, 0) is 18.2 Å². The lowest BCUT2D eigenvalue weighted by Gasteiger charge is -2.07. The number of aromatic hydroxyl groups is 1. The van der Waals surface area contributed by atoms with E-state index in [1.807, 2.05) is 0 Å². The van der Waals surface area contributed by atoms with Crippen LogP contribution in [0.3, 0.4) is 0 Å². The highest BCUT2D eigenvalue weighted by atomic mass is 35.5. The molecule has 2 aromatic heterocycles. The summed E-state index contributed by atoms with van der Waals surface area (Å²) in [5, 5.41) is 8.95. The van der Waals surface area contributed by atoms with Gasteiger partial charge in [-0.15, -0.1) is 0 Å². The van der Waals surface area contributed by atoms with Crippen LogP contribution in [0.1, 0.15) is 11.6 Å². The minimum atomic E-state index is -4.70. The minimum Gasteiger partial charge on any atom is -0.493 e. The molecule has 136 valence electrons. The van der Waals surface area contributed by atoms with Gasteiger partial charge >= 0.3 is 6.18 Å². The van der Waals surface area contributed by atoms with E-state index < -0.39 is 23.6 Å². The number of rotatable bonds is 4. The van der Waals surface area contributed by atoms with Gasteiger partial charge in [-0.1, -0.05) is 23.4 Å². The first kappa shape index (κ1) is 18.5. The summed E-state index contributed by atoms with van der Waals surface area (Å²) in [6.07, 6.45) is -3.32. The van der Waals surface area contributed by atoms with Crippen LogP contribution in [-0.2, 0) is 11.9 Å². The standard InChI is InChI=1S/C15H8ClF4N3O2S/c16-8-3-7(1-2-9(8)17)10-5-21-13(25-10)6-26-14-22-11(15(18,19)20)4-12(24)23-14/h1-5H,6H2,(H,22,23,24). The van der Waals surface area contributed by atoms with Gasteiger partial charge in [0.05, 0.1) is 17.0 Å². The normalized spacial score (nSPS) is 11.7. The third-order valence-electron chi connectivity index (χ3n) is 3.06. The van der Waals surface area contributed by atoms with Crippen molar-refractivity contribution in [3.8, 4) is 17.2 Å². The van der Waals surface area contributed by atoms with E-state index in [1.165, 1.54) is 24.4 Å². The van der Waals surface area contributed by atoms with Crippen molar-refractivity contribution >= 4 is 23.4 Å². The summed E-state index contributed by atoms with van der Waals surface area (Å²) >= 11 is 6.51. The number of alkyl halides is 3. The van der Waals surface area contributed by atoms with E-state index in [-0.39, 0.29) is 21.8 Å². The molecular formula is C15H8ClF4N3O2S. The molecule has 0 atom stereocenters. The summed E-state index contributed by atoms with van der Waals surface area (Å²) in [7, 11) is 0. The van der Waals surface area contributed by atoms with Crippen molar-refractivity contribution in [2.24, 2.45) is 0 Å². The summed E-state index contributed by atoms with van der Waals surface area (Å²) in [4.78, 5) is 10.9. The van der Waals surface area contributed by atoms with E-state index >= 15 is 0 Å². The highest BCUT2D eigenvalue weighted by molar-refractivity contribution is 7.98. The van der Waals surface area contributed by atoms with E-state index in [1.54, 1.807) is 0 Å². The predicted molar refractivity (Wildman–Crippen MR) is 85.2 cm³/mol. The Morgan fingerprint density at radius 1 is 1.19 bits per heavy atom. The molecule has 2 heterocycles. The molecule has 0 fully saturated rings. The Kier molecular flexibility index (Phi) is 5.05. The van der Waals surface area contributed by atoms with Gasteiger partial charge in [0.1, 0.15) is 5.82 Å². The summed E-state index contributed by atoms with van der Waals surface area (Å²) < 4.78 is 56.7. The first-order valence-electron chi connectivity index (χ1n) is 6.90. The zero-order valence-corrected chi connectivity index (χ0v) is 14.2. The molecule has 3 rings (SSSR count). The van der Waals surface area contributed by atoms with Crippen molar-refractivity contribution in [2.45, 2.75) is 17.1 Å². The fraction of sp³-hybridized carbons (Fsp3) is 0.133. The SMILES string of the molecule is Oc1cc(C(F)(F)F)nc(SCc2ncc(-c3ccc(F)c(Cl)c3)o2)n1. The molecule has 3 aromatic rings. The zero-order valence-electron chi connectivity index (χ0n) is 12.6. The Hall–Kier alpha value is -2.33. The van der Waals surface area contributed by atoms with E-state index in [9.17, 15) is 22.7 Å². The van der Waals surface area contributed by atoms with Crippen LogP contribution in [0.25, 0.3) is 11.3 Å². The smallest absolute Gasteiger partial charge is 0.433 e. The molecule has 0 aliphatic carbocycles. The van der Waals surface area contributed by atoms with Crippen molar-refractivity contribution in [1.82, 2.24) is 15.0 Å². The number of hydrogen-bond acceptors (Lipinski definition) is 6. The molecule has 0 aliphatic heterocycles. The van der Waals surface area contributed by atoms with E-state index in [4.69, 9.17) is 16.0 Å². The molecular weight excluding hydrogens is 398 g/mol. The molecule has 5 nitrogen and oxygen atoms in total. The Labute approximate surface area is 153 Å². The first-order chi connectivity index (χ1) is 12.2. The molecule has 0 aliphatic rings. The number of nitrogens with zero attached hydrogens (tertiary/aromatic N) is 3. The molecule has 11 heteroatoms. The van der Waals surface area contributed by atoms with Crippen LogP contribution in [0, 0.1) is 5.82 Å². The Balaban J connectivity index is 1.74. The second kappa shape index (κ2) is 7.12. The monoisotopic (exact) mass is 405 g/mol. The molecule has 0 unspecified atom stereocenters. The van der Waals surface area contributed by atoms with Crippen molar-refractivity contribution in [2.75, 3.05) is 0 Å². The fourth-order valence-electron chi connectivity index (χ4n) is 1.91. The number of oxazole rings is 1. The number of hydrogen-bond donors (Lipinski definition) is 1. The van der Waals surface area contributed by atoms with Gasteiger partial charge in [0.25, 0.3) is 0 Å². The molecule has 0 saturated heterocycles. The van der Waals surface area contributed by atoms with Gasteiger partial charge in [0.2, 0.25) is 11.8 Å². The lowest BCUT2D eigenvalue weighted by Crippen LogP contribution is -2.09. The minimum absolute atomic E-state index is 0.0235. The molecule has 0 radical (unpaired) electrons. The van der Waals surface area contributed by atoms with Crippen molar-refractivity contribution in [3.05, 3.63) is 52.9 Å². The molecule has 26 heavy (non-hydrogen) atoms. The van der Waals surface area contributed by atoms with Crippen LogP contribution in [0.15, 0.2) is 40.0 Å². The molecule has 0 amide bonds. The molecule has 0 saturated carbocycles. The summed E-state index contributed by atoms with van der Waals surface area (Å²) in [5.41, 5.74) is -0.755. The zero-order chi connectivity index (χ0) is 18.9. The summed E-state index contributed by atoms with van der Waals surface area (Å²) in [5.74, 6) is -0.840. The third-order valence-corrected chi connectivity index (χ3v) is 4.19. The second-order valence-electron chi connectivity index (χ2n) is 4.93. The molecule has 1 aromatic carbocycles. The Morgan fingerprint density at radius 2 is 1.96 bits per heavy atom. The molecule has 0 spiro atoms. The lowest BCUT2D eigenvalue weighted by molar-refractivity contribution is -0.141. The highest BCUT2D eigenvalue weighted by Gasteiger charge is 2.33. The largest absolute Gasteiger partial charge is 0.493 e. The maximum absolute atomic E-state index is 13.2. The van der Waals surface area contributed by atoms with Crippen LogP contribution in [-0.4, -0.2) is 20.1 Å².